The van der Waals surface area contributed by atoms with Gasteiger partial charge in [-0.15, -0.1) is 0 Å². The molecule has 2 atom stereocenters. The number of carbonyl (C=O) groups excluding carboxylic acids is 1. The van der Waals surface area contributed by atoms with Crippen molar-refractivity contribution in [3.63, 3.8) is 0 Å². The molecule has 2 heteroatoms. The number of rotatable bonds is 11. The summed E-state index contributed by atoms with van der Waals surface area (Å²) in [6, 6.07) is 0. The van der Waals surface area contributed by atoms with Crippen molar-refractivity contribution in [3.8, 4) is 0 Å². The molecule has 0 bridgehead atoms. The molecule has 1 aliphatic carbocycles. The molecule has 0 spiro atoms. The van der Waals surface area contributed by atoms with Crippen LogP contribution in [0.2, 0.25) is 0 Å². The van der Waals surface area contributed by atoms with E-state index in [1.165, 1.54) is 57.8 Å². The molecule has 0 unspecified atom stereocenters. The maximum atomic E-state index is 11.4. The average Bonchev–Trinajstić information content (AvgIpc) is 3.12. The lowest BCUT2D eigenvalue weighted by molar-refractivity contribution is -0.145. The minimum absolute atomic E-state index is 0.0436. The minimum Gasteiger partial charge on any atom is -0.466 e. The van der Waals surface area contributed by atoms with Crippen molar-refractivity contribution in [1.82, 2.24) is 0 Å². The predicted octanol–water partition coefficient (Wildman–Crippen LogP) is 4.72. The van der Waals surface area contributed by atoms with Gasteiger partial charge >= 0.3 is 5.97 Å². The van der Waals surface area contributed by atoms with Gasteiger partial charge in [0.2, 0.25) is 0 Å². The molecular weight excluding hydrogens is 224 g/mol. The molecular formula is C16H30O2. The van der Waals surface area contributed by atoms with Gasteiger partial charge in [-0.1, -0.05) is 58.3 Å². The first kappa shape index (κ1) is 15.5. The van der Waals surface area contributed by atoms with Crippen molar-refractivity contribution in [3.05, 3.63) is 0 Å². The first-order valence-electron chi connectivity index (χ1n) is 7.96. The third-order valence-corrected chi connectivity index (χ3v) is 3.94. The molecule has 1 aliphatic rings. The Balaban J connectivity index is 1.84. The third kappa shape index (κ3) is 6.42. The first-order valence-corrected chi connectivity index (χ1v) is 7.96. The van der Waals surface area contributed by atoms with Crippen LogP contribution in [-0.4, -0.2) is 12.6 Å². The molecule has 0 aromatic heterocycles. The highest BCUT2D eigenvalue weighted by molar-refractivity contribution is 5.75. The second-order valence-corrected chi connectivity index (χ2v) is 5.62. The standard InChI is InChI=1S/C16H30O2/c1-3-5-6-7-8-9-10-11-12-14-13-15(14)16(17)18-4-2/h14-15H,3-13H2,1-2H3/t14-,15+/m1/s1. The summed E-state index contributed by atoms with van der Waals surface area (Å²) in [6.07, 6.45) is 13.3. The summed E-state index contributed by atoms with van der Waals surface area (Å²) < 4.78 is 5.04. The van der Waals surface area contributed by atoms with Crippen molar-refractivity contribution in [1.29, 1.82) is 0 Å². The fraction of sp³-hybridized carbons (Fsp3) is 0.938. The number of carbonyl (C=O) groups is 1. The SMILES string of the molecule is CCCCCCCCCC[C@@H]1C[C@@H]1C(=O)OCC. The lowest BCUT2D eigenvalue weighted by Gasteiger charge is -2.02. The molecule has 0 aromatic carbocycles. The summed E-state index contributed by atoms with van der Waals surface area (Å²) >= 11 is 0. The molecule has 1 rings (SSSR count). The monoisotopic (exact) mass is 254 g/mol. The zero-order chi connectivity index (χ0) is 13.2. The van der Waals surface area contributed by atoms with Gasteiger partial charge in [-0.3, -0.25) is 4.79 Å². The Morgan fingerprint density at radius 2 is 1.61 bits per heavy atom. The van der Waals surface area contributed by atoms with Crippen LogP contribution in [0.1, 0.15) is 78.1 Å². The van der Waals surface area contributed by atoms with E-state index in [1.807, 2.05) is 6.92 Å². The van der Waals surface area contributed by atoms with E-state index in [0.717, 1.165) is 6.42 Å². The van der Waals surface area contributed by atoms with Gasteiger partial charge in [0, 0.05) is 0 Å². The molecule has 0 heterocycles. The molecule has 0 amide bonds. The van der Waals surface area contributed by atoms with E-state index >= 15 is 0 Å². The predicted molar refractivity (Wildman–Crippen MR) is 75.5 cm³/mol. The van der Waals surface area contributed by atoms with Gasteiger partial charge in [-0.2, -0.15) is 0 Å². The molecule has 1 saturated carbocycles. The minimum atomic E-state index is 0.0436. The molecule has 0 saturated heterocycles. The smallest absolute Gasteiger partial charge is 0.309 e. The van der Waals surface area contributed by atoms with Crippen molar-refractivity contribution < 1.29 is 9.53 Å². The lowest BCUT2D eigenvalue weighted by Crippen LogP contribution is -2.07. The van der Waals surface area contributed by atoms with E-state index in [0.29, 0.717) is 12.5 Å². The van der Waals surface area contributed by atoms with Gasteiger partial charge in [0.15, 0.2) is 0 Å². The Morgan fingerprint density at radius 3 is 2.22 bits per heavy atom. The fourth-order valence-corrected chi connectivity index (χ4v) is 2.65. The van der Waals surface area contributed by atoms with Crippen molar-refractivity contribution >= 4 is 5.97 Å². The van der Waals surface area contributed by atoms with Crippen LogP contribution < -0.4 is 0 Å². The first-order chi connectivity index (χ1) is 8.79. The van der Waals surface area contributed by atoms with E-state index in [-0.39, 0.29) is 11.9 Å². The summed E-state index contributed by atoms with van der Waals surface area (Å²) in [5.74, 6) is 0.931. The molecule has 106 valence electrons. The molecule has 2 nitrogen and oxygen atoms in total. The Bertz CT molecular complexity index is 225. The second kappa shape index (κ2) is 9.41. The normalized spacial score (nSPS) is 21.9. The van der Waals surface area contributed by atoms with E-state index in [1.54, 1.807) is 0 Å². The second-order valence-electron chi connectivity index (χ2n) is 5.62. The van der Waals surface area contributed by atoms with Crippen LogP contribution in [-0.2, 0) is 9.53 Å². The third-order valence-electron chi connectivity index (χ3n) is 3.94. The van der Waals surface area contributed by atoms with Crippen molar-refractivity contribution in [2.45, 2.75) is 78.1 Å². The van der Waals surface area contributed by atoms with Gasteiger partial charge in [0.25, 0.3) is 0 Å². The van der Waals surface area contributed by atoms with Crippen molar-refractivity contribution in [2.24, 2.45) is 11.8 Å². The topological polar surface area (TPSA) is 26.3 Å². The van der Waals surface area contributed by atoms with E-state index in [4.69, 9.17) is 4.74 Å². The van der Waals surface area contributed by atoms with Gasteiger partial charge in [0.05, 0.1) is 12.5 Å². The highest BCUT2D eigenvalue weighted by Gasteiger charge is 2.43. The van der Waals surface area contributed by atoms with Gasteiger partial charge < -0.3 is 4.74 Å². The zero-order valence-electron chi connectivity index (χ0n) is 12.2. The summed E-state index contributed by atoms with van der Waals surface area (Å²) in [4.78, 5) is 11.4. The van der Waals surface area contributed by atoms with Crippen LogP contribution in [0.5, 0.6) is 0 Å². The molecule has 0 aliphatic heterocycles. The number of ether oxygens (including phenoxy) is 1. The maximum Gasteiger partial charge on any atom is 0.309 e. The van der Waals surface area contributed by atoms with Crippen LogP contribution in [0.15, 0.2) is 0 Å². The highest BCUT2D eigenvalue weighted by atomic mass is 16.5. The van der Waals surface area contributed by atoms with E-state index in [2.05, 4.69) is 6.92 Å². The summed E-state index contributed by atoms with van der Waals surface area (Å²) in [6.45, 7) is 4.67. The van der Waals surface area contributed by atoms with Gasteiger partial charge in [-0.25, -0.2) is 0 Å². The maximum absolute atomic E-state index is 11.4. The Morgan fingerprint density at radius 1 is 1.00 bits per heavy atom. The summed E-state index contributed by atoms with van der Waals surface area (Å²) in [5.41, 5.74) is 0. The Hall–Kier alpha value is -0.530. The van der Waals surface area contributed by atoms with E-state index < -0.39 is 0 Å². The van der Waals surface area contributed by atoms with Crippen molar-refractivity contribution in [2.75, 3.05) is 6.61 Å². The van der Waals surface area contributed by atoms with Crippen LogP contribution in [0.3, 0.4) is 0 Å². The zero-order valence-corrected chi connectivity index (χ0v) is 12.2. The lowest BCUT2D eigenvalue weighted by atomic mass is 10.1. The Labute approximate surface area is 112 Å². The van der Waals surface area contributed by atoms with Crippen LogP contribution >= 0.6 is 0 Å². The number of esters is 1. The van der Waals surface area contributed by atoms with Gasteiger partial charge in [0.1, 0.15) is 0 Å². The highest BCUT2D eigenvalue weighted by Crippen LogP contribution is 2.43. The molecule has 1 fully saturated rings. The molecule has 0 aromatic rings. The van der Waals surface area contributed by atoms with Crippen LogP contribution in [0.4, 0.5) is 0 Å². The molecule has 0 radical (unpaired) electrons. The average molecular weight is 254 g/mol. The quantitative estimate of drug-likeness (QED) is 0.394. The number of hydrogen-bond acceptors (Lipinski definition) is 2. The number of unbranched alkanes of at least 4 members (excludes halogenated alkanes) is 7. The largest absolute Gasteiger partial charge is 0.466 e. The summed E-state index contributed by atoms with van der Waals surface area (Å²) in [5, 5.41) is 0. The van der Waals surface area contributed by atoms with Crippen LogP contribution in [0.25, 0.3) is 0 Å². The fourth-order valence-electron chi connectivity index (χ4n) is 2.65. The van der Waals surface area contributed by atoms with E-state index in [9.17, 15) is 4.79 Å². The summed E-state index contributed by atoms with van der Waals surface area (Å²) in [7, 11) is 0. The van der Waals surface area contributed by atoms with Gasteiger partial charge in [-0.05, 0) is 25.7 Å². The van der Waals surface area contributed by atoms with Crippen LogP contribution in [0, 0.1) is 11.8 Å². The number of hydrogen-bond donors (Lipinski definition) is 0. The molecule has 0 N–H and O–H groups in total. The molecule has 18 heavy (non-hydrogen) atoms. The Kier molecular flexibility index (Phi) is 8.11.